The van der Waals surface area contributed by atoms with E-state index in [1.807, 2.05) is 40.9 Å². The molecule has 0 bridgehead atoms. The number of carbonyl (C=O) groups is 1. The van der Waals surface area contributed by atoms with Crippen molar-refractivity contribution in [1.29, 1.82) is 0 Å². The van der Waals surface area contributed by atoms with Crippen molar-refractivity contribution in [3.8, 4) is 0 Å². The third-order valence-corrected chi connectivity index (χ3v) is 2.83. The van der Waals surface area contributed by atoms with E-state index >= 15 is 0 Å². The normalized spacial score (nSPS) is 13.6. The van der Waals surface area contributed by atoms with Crippen LogP contribution in [0.15, 0.2) is 12.4 Å². The van der Waals surface area contributed by atoms with Crippen LogP contribution in [0.4, 0.5) is 0 Å². The van der Waals surface area contributed by atoms with E-state index in [9.17, 15) is 4.79 Å². The van der Waals surface area contributed by atoms with Crippen LogP contribution >= 0.6 is 0 Å². The zero-order valence-corrected chi connectivity index (χ0v) is 12.1. The quantitative estimate of drug-likeness (QED) is 0.780. The minimum absolute atomic E-state index is 0.151. The smallest absolute Gasteiger partial charge is 0.162 e. The second-order valence-electron chi connectivity index (χ2n) is 5.69. The Morgan fingerprint density at radius 1 is 1.50 bits per heavy atom. The first-order chi connectivity index (χ1) is 8.34. The summed E-state index contributed by atoms with van der Waals surface area (Å²) in [5.41, 5.74) is 0.942. The van der Waals surface area contributed by atoms with Crippen LogP contribution < -0.4 is 0 Å². The lowest BCUT2D eigenvalue weighted by Gasteiger charge is -2.29. The van der Waals surface area contributed by atoms with E-state index in [4.69, 9.17) is 4.74 Å². The average Bonchev–Trinajstić information content (AvgIpc) is 2.67. The summed E-state index contributed by atoms with van der Waals surface area (Å²) < 4.78 is 7.35. The summed E-state index contributed by atoms with van der Waals surface area (Å²) in [5, 5.41) is 4.10. The van der Waals surface area contributed by atoms with E-state index in [1.165, 1.54) is 0 Å². The van der Waals surface area contributed by atoms with Crippen molar-refractivity contribution < 1.29 is 9.53 Å². The van der Waals surface area contributed by atoms with Gasteiger partial charge < -0.3 is 4.74 Å². The number of Topliss-reactive ketones (excluding diaryl/α,β-unsaturated/α-hetero) is 1. The van der Waals surface area contributed by atoms with Crippen molar-refractivity contribution in [2.45, 2.75) is 46.6 Å². The molecule has 1 rings (SSSR count). The van der Waals surface area contributed by atoms with Crippen molar-refractivity contribution in [2.24, 2.45) is 12.5 Å². The fraction of sp³-hybridized carbons (Fsp3) is 0.714. The van der Waals surface area contributed by atoms with Crippen LogP contribution in [-0.2, 0) is 23.0 Å². The molecule has 0 amide bonds. The highest BCUT2D eigenvalue weighted by molar-refractivity contribution is 5.84. The fourth-order valence-corrected chi connectivity index (χ4v) is 1.99. The maximum Gasteiger partial charge on any atom is 0.162 e. The number of aromatic nitrogens is 2. The Morgan fingerprint density at radius 3 is 2.61 bits per heavy atom. The van der Waals surface area contributed by atoms with Crippen molar-refractivity contribution >= 4 is 5.78 Å². The maximum absolute atomic E-state index is 12.2. The maximum atomic E-state index is 12.2. The zero-order chi connectivity index (χ0) is 13.8. The molecule has 0 N–H and O–H groups in total. The monoisotopic (exact) mass is 252 g/mol. The van der Waals surface area contributed by atoms with Gasteiger partial charge in [-0.1, -0.05) is 20.8 Å². The third-order valence-electron chi connectivity index (χ3n) is 2.83. The number of ether oxygens (including phenoxy) is 1. The molecule has 1 heterocycles. The largest absolute Gasteiger partial charge is 0.370 e. The molecule has 0 saturated carbocycles. The van der Waals surface area contributed by atoms with Gasteiger partial charge in [-0.25, -0.2) is 0 Å². The third kappa shape index (κ3) is 4.26. The number of aryl methyl sites for hydroxylation is 2. The number of ketones is 1. The Bertz CT molecular complexity index is 391. The number of hydrogen-bond acceptors (Lipinski definition) is 3. The van der Waals surface area contributed by atoms with Gasteiger partial charge in [0.15, 0.2) is 5.78 Å². The predicted molar refractivity (Wildman–Crippen MR) is 71.4 cm³/mol. The van der Waals surface area contributed by atoms with Gasteiger partial charge in [-0.2, -0.15) is 5.10 Å². The van der Waals surface area contributed by atoms with Crippen molar-refractivity contribution in [3.63, 3.8) is 0 Å². The van der Waals surface area contributed by atoms with Crippen LogP contribution in [0.1, 0.15) is 39.7 Å². The molecular weight excluding hydrogens is 228 g/mol. The molecule has 0 aliphatic carbocycles. The van der Waals surface area contributed by atoms with Gasteiger partial charge >= 0.3 is 0 Å². The van der Waals surface area contributed by atoms with Gasteiger partial charge in [0.05, 0.1) is 6.20 Å². The molecule has 0 aliphatic heterocycles. The van der Waals surface area contributed by atoms with E-state index in [2.05, 4.69) is 5.10 Å². The number of nitrogens with zero attached hydrogens (tertiary/aromatic N) is 2. The van der Waals surface area contributed by atoms with Crippen LogP contribution in [0.25, 0.3) is 0 Å². The van der Waals surface area contributed by atoms with Crippen LogP contribution in [0, 0.1) is 5.41 Å². The molecule has 4 heteroatoms. The number of hydrogen-bond donors (Lipinski definition) is 0. The standard InChI is InChI=1S/C14H24N2O2/c1-6-18-13(14(2,3)4)12(17)8-7-11-9-15-16(5)10-11/h9-10,13H,6-8H2,1-5H3. The lowest BCUT2D eigenvalue weighted by atomic mass is 9.85. The second kappa shape index (κ2) is 6.14. The van der Waals surface area contributed by atoms with Gasteiger partial charge in [0.1, 0.15) is 6.10 Å². The minimum Gasteiger partial charge on any atom is -0.370 e. The summed E-state index contributed by atoms with van der Waals surface area (Å²) in [4.78, 5) is 12.2. The molecular formula is C14H24N2O2. The van der Waals surface area contributed by atoms with Gasteiger partial charge in [-0.15, -0.1) is 0 Å². The molecule has 0 spiro atoms. The lowest BCUT2D eigenvalue weighted by molar-refractivity contribution is -0.137. The van der Waals surface area contributed by atoms with Crippen molar-refractivity contribution in [2.75, 3.05) is 6.61 Å². The van der Waals surface area contributed by atoms with Gasteiger partial charge in [-0.05, 0) is 24.3 Å². The summed E-state index contributed by atoms with van der Waals surface area (Å²) in [6.07, 6.45) is 4.67. The van der Waals surface area contributed by atoms with E-state index < -0.39 is 0 Å². The number of carbonyl (C=O) groups excluding carboxylic acids is 1. The first-order valence-electron chi connectivity index (χ1n) is 6.46. The van der Waals surface area contributed by atoms with Crippen LogP contribution in [-0.4, -0.2) is 28.3 Å². The second-order valence-corrected chi connectivity index (χ2v) is 5.69. The van der Waals surface area contributed by atoms with Gasteiger partial charge in [-0.3, -0.25) is 9.48 Å². The summed E-state index contributed by atoms with van der Waals surface area (Å²) in [7, 11) is 1.88. The molecule has 1 unspecified atom stereocenters. The fourth-order valence-electron chi connectivity index (χ4n) is 1.99. The molecule has 1 aromatic heterocycles. The SMILES string of the molecule is CCOC(C(=O)CCc1cnn(C)c1)C(C)(C)C. The molecule has 0 aliphatic rings. The van der Waals surface area contributed by atoms with Crippen LogP contribution in [0.2, 0.25) is 0 Å². The molecule has 4 nitrogen and oxygen atoms in total. The first-order valence-corrected chi connectivity index (χ1v) is 6.46. The first kappa shape index (κ1) is 14.9. The number of rotatable bonds is 6. The minimum atomic E-state index is -0.320. The average molecular weight is 252 g/mol. The summed E-state index contributed by atoms with van der Waals surface area (Å²) >= 11 is 0. The molecule has 0 radical (unpaired) electrons. The molecule has 0 aromatic carbocycles. The Labute approximate surface area is 109 Å². The van der Waals surface area contributed by atoms with E-state index in [-0.39, 0.29) is 17.3 Å². The highest BCUT2D eigenvalue weighted by atomic mass is 16.5. The van der Waals surface area contributed by atoms with Crippen LogP contribution in [0.5, 0.6) is 0 Å². The molecule has 0 saturated heterocycles. The molecule has 0 fully saturated rings. The summed E-state index contributed by atoms with van der Waals surface area (Å²) in [6.45, 7) is 8.60. The highest BCUT2D eigenvalue weighted by Crippen LogP contribution is 2.24. The zero-order valence-electron chi connectivity index (χ0n) is 12.1. The Balaban J connectivity index is 2.57. The molecule has 102 valence electrons. The van der Waals surface area contributed by atoms with Gasteiger partial charge in [0, 0.05) is 26.3 Å². The van der Waals surface area contributed by atoms with E-state index in [1.54, 1.807) is 10.9 Å². The molecule has 1 atom stereocenters. The van der Waals surface area contributed by atoms with Gasteiger partial charge in [0.25, 0.3) is 0 Å². The lowest BCUT2D eigenvalue weighted by Crippen LogP contribution is -2.37. The van der Waals surface area contributed by atoms with E-state index in [0.29, 0.717) is 13.0 Å². The molecule has 1 aromatic rings. The summed E-state index contributed by atoms with van der Waals surface area (Å²) in [5.74, 6) is 0.174. The topological polar surface area (TPSA) is 44.1 Å². The van der Waals surface area contributed by atoms with Crippen molar-refractivity contribution in [1.82, 2.24) is 9.78 Å². The Hall–Kier alpha value is -1.16. The predicted octanol–water partition coefficient (Wildman–Crippen LogP) is 2.37. The van der Waals surface area contributed by atoms with Gasteiger partial charge in [0.2, 0.25) is 0 Å². The highest BCUT2D eigenvalue weighted by Gasteiger charge is 2.31. The Kier molecular flexibility index (Phi) is 5.08. The van der Waals surface area contributed by atoms with E-state index in [0.717, 1.165) is 12.0 Å². The van der Waals surface area contributed by atoms with Crippen LogP contribution in [0.3, 0.4) is 0 Å². The Morgan fingerprint density at radius 2 is 2.17 bits per heavy atom. The molecule has 18 heavy (non-hydrogen) atoms. The summed E-state index contributed by atoms with van der Waals surface area (Å²) in [6, 6.07) is 0. The van der Waals surface area contributed by atoms with Crippen molar-refractivity contribution in [3.05, 3.63) is 18.0 Å².